The summed E-state index contributed by atoms with van der Waals surface area (Å²) in [6.07, 6.45) is 0. The number of halogens is 1. The maximum absolute atomic E-state index is 5.87. The van der Waals surface area contributed by atoms with Gasteiger partial charge in [0.05, 0.1) is 0 Å². The zero-order valence-electron chi connectivity index (χ0n) is 8.22. The van der Waals surface area contributed by atoms with Crippen molar-refractivity contribution in [3.8, 4) is 0 Å². The van der Waals surface area contributed by atoms with Crippen LogP contribution in [0.15, 0.2) is 41.3 Å². The van der Waals surface area contributed by atoms with Crippen molar-refractivity contribution in [2.45, 2.75) is 4.90 Å². The largest absolute Gasteiger partial charge is 0.316 e. The summed E-state index contributed by atoms with van der Waals surface area (Å²) in [4.78, 5) is 1.19. The molecule has 0 aliphatic heterocycles. The minimum Gasteiger partial charge on any atom is -0.316 e. The van der Waals surface area contributed by atoms with Gasteiger partial charge < -0.3 is 5.32 Å². The SMILES string of the molecule is C=C(CNC)CSc1cccc(Cl)c1. The van der Waals surface area contributed by atoms with Crippen LogP contribution in [0, 0.1) is 0 Å². The molecule has 0 heterocycles. The molecular formula is C11H14ClNS. The number of benzene rings is 1. The van der Waals surface area contributed by atoms with Gasteiger partial charge in [0, 0.05) is 22.2 Å². The maximum Gasteiger partial charge on any atom is 0.0417 e. The molecule has 0 atom stereocenters. The second-order valence-electron chi connectivity index (χ2n) is 3.03. The van der Waals surface area contributed by atoms with Crippen LogP contribution in [-0.4, -0.2) is 19.3 Å². The van der Waals surface area contributed by atoms with Crippen molar-refractivity contribution >= 4 is 23.4 Å². The Hall–Kier alpha value is -0.440. The molecule has 1 N–H and O–H groups in total. The molecule has 0 unspecified atom stereocenters. The van der Waals surface area contributed by atoms with E-state index in [9.17, 15) is 0 Å². The van der Waals surface area contributed by atoms with Crippen molar-refractivity contribution in [2.24, 2.45) is 0 Å². The number of hydrogen-bond acceptors (Lipinski definition) is 2. The Morgan fingerprint density at radius 1 is 1.57 bits per heavy atom. The van der Waals surface area contributed by atoms with Crippen LogP contribution in [0.1, 0.15) is 0 Å². The van der Waals surface area contributed by atoms with Gasteiger partial charge in [-0.1, -0.05) is 29.8 Å². The molecule has 0 amide bonds. The van der Waals surface area contributed by atoms with Gasteiger partial charge in [-0.15, -0.1) is 11.8 Å². The molecule has 0 aliphatic rings. The van der Waals surface area contributed by atoms with Crippen LogP contribution in [0.2, 0.25) is 5.02 Å². The average Bonchev–Trinajstić information content (AvgIpc) is 2.15. The van der Waals surface area contributed by atoms with E-state index in [4.69, 9.17) is 11.6 Å². The van der Waals surface area contributed by atoms with Gasteiger partial charge >= 0.3 is 0 Å². The van der Waals surface area contributed by atoms with Crippen molar-refractivity contribution in [3.63, 3.8) is 0 Å². The number of likely N-dealkylation sites (N-methyl/N-ethyl adjacent to an activating group) is 1. The van der Waals surface area contributed by atoms with Crippen molar-refractivity contribution in [1.82, 2.24) is 5.32 Å². The lowest BCUT2D eigenvalue weighted by atomic mass is 10.3. The maximum atomic E-state index is 5.87. The molecule has 0 aromatic heterocycles. The number of thioether (sulfide) groups is 1. The molecule has 3 heteroatoms. The highest BCUT2D eigenvalue weighted by Gasteiger charge is 1.97. The molecule has 0 fully saturated rings. The summed E-state index contributed by atoms with van der Waals surface area (Å²) < 4.78 is 0. The zero-order valence-corrected chi connectivity index (χ0v) is 9.79. The molecular weight excluding hydrogens is 214 g/mol. The van der Waals surface area contributed by atoms with Crippen LogP contribution < -0.4 is 5.32 Å². The molecule has 0 radical (unpaired) electrons. The smallest absolute Gasteiger partial charge is 0.0417 e. The molecule has 14 heavy (non-hydrogen) atoms. The number of rotatable bonds is 5. The standard InChI is InChI=1S/C11H14ClNS/c1-9(7-13-2)8-14-11-5-3-4-10(12)6-11/h3-6,13H,1,7-8H2,2H3. The van der Waals surface area contributed by atoms with Crippen LogP contribution in [-0.2, 0) is 0 Å². The van der Waals surface area contributed by atoms with Crippen molar-refractivity contribution < 1.29 is 0 Å². The molecule has 76 valence electrons. The Kier molecular flexibility index (Phi) is 5.09. The monoisotopic (exact) mass is 227 g/mol. The Morgan fingerprint density at radius 3 is 3.00 bits per heavy atom. The predicted octanol–water partition coefficient (Wildman–Crippen LogP) is 3.21. The van der Waals surface area contributed by atoms with Crippen LogP contribution in [0.5, 0.6) is 0 Å². The third-order valence-electron chi connectivity index (χ3n) is 1.67. The first-order chi connectivity index (χ1) is 6.72. The minimum absolute atomic E-state index is 0.786. The van der Waals surface area contributed by atoms with E-state index in [0.29, 0.717) is 0 Å². The van der Waals surface area contributed by atoms with E-state index in [1.165, 1.54) is 10.5 Å². The molecule has 0 aliphatic carbocycles. The van der Waals surface area contributed by atoms with Crippen molar-refractivity contribution in [1.29, 1.82) is 0 Å². The van der Waals surface area contributed by atoms with Gasteiger partial charge in [-0.3, -0.25) is 0 Å². The summed E-state index contributed by atoms with van der Waals surface area (Å²) in [5, 5.41) is 3.86. The number of hydrogen-bond donors (Lipinski definition) is 1. The van der Waals surface area contributed by atoms with Crippen molar-refractivity contribution in [2.75, 3.05) is 19.3 Å². The summed E-state index contributed by atoms with van der Waals surface area (Å²) in [5.41, 5.74) is 1.19. The summed E-state index contributed by atoms with van der Waals surface area (Å²) in [5.74, 6) is 0.932. The first kappa shape index (κ1) is 11.6. The zero-order chi connectivity index (χ0) is 10.4. The van der Waals surface area contributed by atoms with E-state index < -0.39 is 0 Å². The highest BCUT2D eigenvalue weighted by atomic mass is 35.5. The van der Waals surface area contributed by atoms with Crippen LogP contribution in [0.25, 0.3) is 0 Å². The second kappa shape index (κ2) is 6.12. The predicted molar refractivity (Wildman–Crippen MR) is 65.2 cm³/mol. The lowest BCUT2D eigenvalue weighted by Crippen LogP contribution is -2.10. The van der Waals surface area contributed by atoms with E-state index in [-0.39, 0.29) is 0 Å². The fourth-order valence-corrected chi connectivity index (χ4v) is 2.16. The fourth-order valence-electron chi connectivity index (χ4n) is 1.04. The van der Waals surface area contributed by atoms with Gasteiger partial charge in [-0.2, -0.15) is 0 Å². The van der Waals surface area contributed by atoms with Crippen LogP contribution >= 0.6 is 23.4 Å². The topological polar surface area (TPSA) is 12.0 Å². The summed E-state index contributed by atoms with van der Waals surface area (Å²) in [6, 6.07) is 7.88. The normalized spacial score (nSPS) is 10.1. The highest BCUT2D eigenvalue weighted by molar-refractivity contribution is 7.99. The molecule has 1 aromatic carbocycles. The Bertz CT molecular complexity index is 312. The van der Waals surface area contributed by atoms with E-state index in [1.54, 1.807) is 11.8 Å². The molecule has 0 saturated carbocycles. The van der Waals surface area contributed by atoms with Crippen LogP contribution in [0.3, 0.4) is 0 Å². The molecule has 1 nitrogen and oxygen atoms in total. The van der Waals surface area contributed by atoms with Crippen molar-refractivity contribution in [3.05, 3.63) is 41.4 Å². The first-order valence-corrected chi connectivity index (χ1v) is 5.78. The quantitative estimate of drug-likeness (QED) is 0.613. The van der Waals surface area contributed by atoms with E-state index in [1.807, 2.05) is 25.2 Å². The fraction of sp³-hybridized carbons (Fsp3) is 0.273. The Morgan fingerprint density at radius 2 is 2.36 bits per heavy atom. The van der Waals surface area contributed by atoms with Gasteiger partial charge in [0.15, 0.2) is 0 Å². The highest BCUT2D eigenvalue weighted by Crippen LogP contribution is 2.22. The molecule has 0 spiro atoms. The van der Waals surface area contributed by atoms with Gasteiger partial charge in [0.1, 0.15) is 0 Å². The average molecular weight is 228 g/mol. The van der Waals surface area contributed by atoms with Gasteiger partial charge in [-0.25, -0.2) is 0 Å². The molecule has 1 aromatic rings. The van der Waals surface area contributed by atoms with Gasteiger partial charge in [-0.05, 0) is 25.2 Å². The summed E-state index contributed by atoms with van der Waals surface area (Å²) in [7, 11) is 1.93. The number of nitrogens with one attached hydrogen (secondary N) is 1. The van der Waals surface area contributed by atoms with Gasteiger partial charge in [0.2, 0.25) is 0 Å². The second-order valence-corrected chi connectivity index (χ2v) is 4.51. The third kappa shape index (κ3) is 4.18. The van der Waals surface area contributed by atoms with E-state index >= 15 is 0 Å². The molecule has 1 rings (SSSR count). The molecule has 0 saturated heterocycles. The summed E-state index contributed by atoms with van der Waals surface area (Å²) in [6.45, 7) is 4.83. The van der Waals surface area contributed by atoms with E-state index in [2.05, 4.69) is 18.0 Å². The molecule has 0 bridgehead atoms. The lowest BCUT2D eigenvalue weighted by molar-refractivity contribution is 0.885. The summed E-state index contributed by atoms with van der Waals surface area (Å²) >= 11 is 7.63. The Labute approximate surface area is 94.5 Å². The Balaban J connectivity index is 2.41. The van der Waals surface area contributed by atoms with E-state index in [0.717, 1.165) is 17.3 Å². The third-order valence-corrected chi connectivity index (χ3v) is 3.04. The van der Waals surface area contributed by atoms with Crippen LogP contribution in [0.4, 0.5) is 0 Å². The lowest BCUT2D eigenvalue weighted by Gasteiger charge is -2.04. The first-order valence-electron chi connectivity index (χ1n) is 4.42. The van der Waals surface area contributed by atoms with Gasteiger partial charge in [0.25, 0.3) is 0 Å². The minimum atomic E-state index is 0.786.